The van der Waals surface area contributed by atoms with Gasteiger partial charge in [0.15, 0.2) is 0 Å². The molecule has 0 aliphatic heterocycles. The Hall–Kier alpha value is -0.800. The fraction of sp³-hybridized carbons (Fsp3) is 0.0769. The molecule has 0 saturated heterocycles. The molecule has 0 fully saturated rings. The van der Waals surface area contributed by atoms with E-state index in [-0.39, 0.29) is 5.75 Å². The zero-order valence-corrected chi connectivity index (χ0v) is 12.6. The summed E-state index contributed by atoms with van der Waals surface area (Å²) in [6.07, 6.45) is 0. The molecule has 0 aromatic heterocycles. The summed E-state index contributed by atoms with van der Waals surface area (Å²) >= 11 is 23.8. The maximum atomic E-state index is 9.80. The molecule has 0 spiro atoms. The van der Waals surface area contributed by atoms with Crippen LogP contribution in [0.5, 0.6) is 5.75 Å². The van der Waals surface area contributed by atoms with Gasteiger partial charge in [-0.25, -0.2) is 0 Å². The van der Waals surface area contributed by atoms with E-state index in [9.17, 15) is 5.11 Å². The first-order valence-corrected chi connectivity index (χ1v) is 6.85. The minimum atomic E-state index is 0.0397. The minimum Gasteiger partial charge on any atom is -0.506 e. The summed E-state index contributed by atoms with van der Waals surface area (Å²) in [6, 6.07) is 8.31. The van der Waals surface area contributed by atoms with E-state index in [1.54, 1.807) is 30.3 Å². The first-order valence-electron chi connectivity index (χ1n) is 5.34. The van der Waals surface area contributed by atoms with Crippen LogP contribution < -0.4 is 5.32 Å². The van der Waals surface area contributed by atoms with Crippen molar-refractivity contribution in [3.63, 3.8) is 0 Å². The van der Waals surface area contributed by atoms with Crippen LogP contribution >= 0.6 is 46.4 Å². The maximum Gasteiger partial charge on any atom is 0.139 e. The molecule has 2 N–H and O–H groups in total. The number of nitrogens with one attached hydrogen (secondary N) is 1. The van der Waals surface area contributed by atoms with Crippen LogP contribution in [0.15, 0.2) is 30.3 Å². The highest BCUT2D eigenvalue weighted by molar-refractivity contribution is 6.41. The van der Waals surface area contributed by atoms with Crippen molar-refractivity contribution >= 4 is 52.1 Å². The molecule has 0 atom stereocenters. The van der Waals surface area contributed by atoms with Crippen LogP contribution in [0.1, 0.15) is 5.56 Å². The molecule has 0 bridgehead atoms. The van der Waals surface area contributed by atoms with Crippen LogP contribution in [0, 0.1) is 0 Å². The van der Waals surface area contributed by atoms with Gasteiger partial charge < -0.3 is 10.4 Å². The molecule has 2 aromatic rings. The highest BCUT2D eigenvalue weighted by Gasteiger charge is 2.09. The van der Waals surface area contributed by atoms with Crippen molar-refractivity contribution in [2.45, 2.75) is 6.54 Å². The van der Waals surface area contributed by atoms with Crippen LogP contribution in [0.3, 0.4) is 0 Å². The fourth-order valence-electron chi connectivity index (χ4n) is 1.60. The van der Waals surface area contributed by atoms with Gasteiger partial charge in [0.05, 0.1) is 20.8 Å². The average molecular weight is 337 g/mol. The number of para-hydroxylation sites is 1. The third-order valence-electron chi connectivity index (χ3n) is 2.53. The highest BCUT2D eigenvalue weighted by atomic mass is 35.5. The average Bonchev–Trinajstić information content (AvgIpc) is 2.33. The maximum absolute atomic E-state index is 9.80. The second kappa shape index (κ2) is 6.10. The minimum absolute atomic E-state index is 0.0397. The first kappa shape index (κ1) is 14.6. The third kappa shape index (κ3) is 3.40. The zero-order chi connectivity index (χ0) is 14.0. The Balaban J connectivity index is 2.22. The van der Waals surface area contributed by atoms with Gasteiger partial charge in [0.2, 0.25) is 0 Å². The summed E-state index contributed by atoms with van der Waals surface area (Å²) in [6.45, 7) is 0.341. The second-order valence-corrected chi connectivity index (χ2v) is 5.50. The highest BCUT2D eigenvalue weighted by Crippen LogP contribution is 2.35. The Kier molecular flexibility index (Phi) is 4.69. The monoisotopic (exact) mass is 335 g/mol. The lowest BCUT2D eigenvalue weighted by Crippen LogP contribution is -2.01. The van der Waals surface area contributed by atoms with Crippen LogP contribution in [-0.4, -0.2) is 5.11 Å². The molecular weight excluding hydrogens is 328 g/mol. The molecule has 2 nitrogen and oxygen atoms in total. The fourth-order valence-corrected chi connectivity index (χ4v) is 2.74. The number of phenolic OH excluding ortho intramolecular Hbond substituents is 1. The molecule has 0 heterocycles. The number of aromatic hydroxyl groups is 1. The quantitative estimate of drug-likeness (QED) is 0.762. The van der Waals surface area contributed by atoms with Crippen LogP contribution in [0.4, 0.5) is 5.69 Å². The molecule has 0 unspecified atom stereocenters. The van der Waals surface area contributed by atoms with Gasteiger partial charge in [-0.1, -0.05) is 58.5 Å². The molecular formula is C13H9Cl4NO. The molecule has 0 radical (unpaired) electrons. The topological polar surface area (TPSA) is 32.3 Å². The number of benzene rings is 2. The molecule has 2 aromatic carbocycles. The Morgan fingerprint density at radius 3 is 2.21 bits per heavy atom. The van der Waals surface area contributed by atoms with E-state index < -0.39 is 0 Å². The van der Waals surface area contributed by atoms with E-state index in [4.69, 9.17) is 46.4 Å². The first-order chi connectivity index (χ1) is 8.99. The van der Waals surface area contributed by atoms with Crippen molar-refractivity contribution in [2.24, 2.45) is 0 Å². The predicted octanol–water partition coefficient (Wildman–Crippen LogP) is 5.62. The summed E-state index contributed by atoms with van der Waals surface area (Å²) in [5.41, 5.74) is 1.21. The SMILES string of the molecule is Oc1c(Cl)cccc1CNc1c(Cl)cc(Cl)cc1Cl. The predicted molar refractivity (Wildman–Crippen MR) is 81.9 cm³/mol. The Morgan fingerprint density at radius 2 is 1.58 bits per heavy atom. The van der Waals surface area contributed by atoms with Gasteiger partial charge >= 0.3 is 0 Å². The number of phenols is 1. The number of anilines is 1. The van der Waals surface area contributed by atoms with Crippen molar-refractivity contribution in [3.05, 3.63) is 56.0 Å². The van der Waals surface area contributed by atoms with E-state index >= 15 is 0 Å². The molecule has 6 heteroatoms. The number of halogens is 4. The van der Waals surface area contributed by atoms with Crippen molar-refractivity contribution in [1.29, 1.82) is 0 Å². The van der Waals surface area contributed by atoms with E-state index in [1.165, 1.54) is 0 Å². The van der Waals surface area contributed by atoms with E-state index in [0.717, 1.165) is 0 Å². The summed E-state index contributed by atoms with van der Waals surface area (Å²) in [4.78, 5) is 0. The van der Waals surface area contributed by atoms with Crippen molar-refractivity contribution in [3.8, 4) is 5.75 Å². The van der Waals surface area contributed by atoms with Crippen molar-refractivity contribution in [2.75, 3.05) is 5.32 Å². The molecule has 0 aliphatic rings. The van der Waals surface area contributed by atoms with Crippen LogP contribution in [-0.2, 0) is 6.54 Å². The zero-order valence-electron chi connectivity index (χ0n) is 9.55. The van der Waals surface area contributed by atoms with Crippen molar-refractivity contribution < 1.29 is 5.11 Å². The smallest absolute Gasteiger partial charge is 0.139 e. The summed E-state index contributed by atoms with van der Waals surface area (Å²) in [7, 11) is 0. The number of hydrogen-bond donors (Lipinski definition) is 2. The third-order valence-corrected chi connectivity index (χ3v) is 3.65. The summed E-state index contributed by atoms with van der Waals surface area (Å²) in [5, 5.41) is 14.4. The lowest BCUT2D eigenvalue weighted by atomic mass is 10.2. The van der Waals surface area contributed by atoms with E-state index in [2.05, 4.69) is 5.32 Å². The van der Waals surface area contributed by atoms with Crippen LogP contribution in [0.25, 0.3) is 0 Å². The molecule has 0 amide bonds. The molecule has 0 aliphatic carbocycles. The lowest BCUT2D eigenvalue weighted by Gasteiger charge is -2.12. The molecule has 100 valence electrons. The number of rotatable bonds is 3. The van der Waals surface area contributed by atoms with Crippen molar-refractivity contribution in [1.82, 2.24) is 0 Å². The van der Waals surface area contributed by atoms with Gasteiger partial charge in [-0.05, 0) is 18.2 Å². The Morgan fingerprint density at radius 1 is 0.947 bits per heavy atom. The Bertz CT molecular complexity index is 593. The van der Waals surface area contributed by atoms with Crippen LogP contribution in [0.2, 0.25) is 20.1 Å². The summed E-state index contributed by atoms with van der Waals surface area (Å²) in [5.74, 6) is 0.0397. The molecule has 0 saturated carbocycles. The lowest BCUT2D eigenvalue weighted by molar-refractivity contribution is 0.469. The van der Waals surface area contributed by atoms with Gasteiger partial charge in [-0.2, -0.15) is 0 Å². The largest absolute Gasteiger partial charge is 0.506 e. The normalized spacial score (nSPS) is 10.5. The molecule has 2 rings (SSSR count). The Labute approximate surface area is 130 Å². The van der Waals surface area contributed by atoms with Gasteiger partial charge in [0.1, 0.15) is 5.75 Å². The number of hydrogen-bond acceptors (Lipinski definition) is 2. The van der Waals surface area contributed by atoms with Gasteiger partial charge in [0.25, 0.3) is 0 Å². The second-order valence-electron chi connectivity index (χ2n) is 3.85. The van der Waals surface area contributed by atoms with E-state index in [1.807, 2.05) is 0 Å². The van der Waals surface area contributed by atoms with Gasteiger partial charge in [0, 0.05) is 17.1 Å². The van der Waals surface area contributed by atoms with E-state index in [0.29, 0.717) is 37.9 Å². The van der Waals surface area contributed by atoms with Gasteiger partial charge in [-0.15, -0.1) is 0 Å². The summed E-state index contributed by atoms with van der Waals surface area (Å²) < 4.78 is 0. The molecule has 19 heavy (non-hydrogen) atoms. The van der Waals surface area contributed by atoms with Gasteiger partial charge in [-0.3, -0.25) is 0 Å². The standard InChI is InChI=1S/C13H9Cl4NO/c14-8-4-10(16)12(11(17)5-8)18-6-7-2-1-3-9(15)13(7)19/h1-5,18-19H,6H2.